The van der Waals surface area contributed by atoms with E-state index in [0.717, 1.165) is 17.1 Å². The number of amides is 1. The van der Waals surface area contributed by atoms with E-state index in [9.17, 15) is 14.4 Å². The molecule has 0 unspecified atom stereocenters. The molecule has 0 bridgehead atoms. The van der Waals surface area contributed by atoms with E-state index >= 15 is 0 Å². The fraction of sp³-hybridized carbons (Fsp3) is 0.150. The minimum absolute atomic E-state index is 0.0504. The number of rotatable bonds is 6. The standard InChI is InChI=1S/C20H16FN3O2S/c1-2-26-17-7-6-13-8-14(11-22)20(24-18(13)10-17)27-12-19(25)23-16-5-3-4-15(21)9-16/h3-10H,2,12H2,1H3,(H,23,25). The van der Waals surface area contributed by atoms with Gasteiger partial charge in [0, 0.05) is 17.1 Å². The smallest absolute Gasteiger partial charge is 0.234 e. The number of carbonyl (C=O) groups is 1. The lowest BCUT2D eigenvalue weighted by Crippen LogP contribution is -2.14. The summed E-state index contributed by atoms with van der Waals surface area (Å²) in [5.74, 6) is 0.0180. The maximum atomic E-state index is 13.2. The molecule has 3 rings (SSSR count). The van der Waals surface area contributed by atoms with Crippen LogP contribution in [0.4, 0.5) is 10.1 Å². The number of nitriles is 1. The zero-order valence-corrected chi connectivity index (χ0v) is 15.3. The van der Waals surface area contributed by atoms with Crippen molar-refractivity contribution in [3.05, 3.63) is 59.9 Å². The highest BCUT2D eigenvalue weighted by Crippen LogP contribution is 2.27. The molecule has 1 heterocycles. The molecule has 0 saturated heterocycles. The van der Waals surface area contributed by atoms with Crippen LogP contribution in [-0.4, -0.2) is 23.3 Å². The van der Waals surface area contributed by atoms with Gasteiger partial charge in [0.05, 0.1) is 23.4 Å². The molecule has 1 aromatic heterocycles. The van der Waals surface area contributed by atoms with Gasteiger partial charge in [-0.2, -0.15) is 5.26 Å². The van der Waals surface area contributed by atoms with Gasteiger partial charge in [0.2, 0.25) is 5.91 Å². The Labute approximate surface area is 160 Å². The molecule has 0 aliphatic carbocycles. The van der Waals surface area contributed by atoms with Crippen LogP contribution in [0.25, 0.3) is 10.9 Å². The minimum Gasteiger partial charge on any atom is -0.494 e. The third kappa shape index (κ3) is 4.74. The Morgan fingerprint density at radius 3 is 2.89 bits per heavy atom. The SMILES string of the molecule is CCOc1ccc2cc(C#N)c(SCC(=O)Nc3cccc(F)c3)nc2c1. The Hall–Kier alpha value is -3.11. The van der Waals surface area contributed by atoms with Crippen LogP contribution in [0.3, 0.4) is 0 Å². The van der Waals surface area contributed by atoms with Crippen molar-refractivity contribution >= 4 is 34.3 Å². The average Bonchev–Trinajstić information content (AvgIpc) is 2.66. The molecule has 136 valence electrons. The number of benzene rings is 2. The van der Waals surface area contributed by atoms with Crippen molar-refractivity contribution in [3.8, 4) is 11.8 Å². The summed E-state index contributed by atoms with van der Waals surface area (Å²) >= 11 is 1.16. The molecule has 0 aliphatic rings. The van der Waals surface area contributed by atoms with Gasteiger partial charge in [0.1, 0.15) is 22.7 Å². The molecule has 0 radical (unpaired) electrons. The highest BCUT2D eigenvalue weighted by molar-refractivity contribution is 8.00. The predicted molar refractivity (Wildman–Crippen MR) is 103 cm³/mol. The van der Waals surface area contributed by atoms with E-state index < -0.39 is 5.82 Å². The monoisotopic (exact) mass is 381 g/mol. The second-order valence-corrected chi connectivity index (χ2v) is 6.55. The molecule has 0 fully saturated rings. The Morgan fingerprint density at radius 1 is 1.30 bits per heavy atom. The highest BCUT2D eigenvalue weighted by atomic mass is 32.2. The molecular formula is C20H16FN3O2S. The lowest BCUT2D eigenvalue weighted by molar-refractivity contribution is -0.113. The van der Waals surface area contributed by atoms with Gasteiger partial charge in [-0.05, 0) is 43.3 Å². The van der Waals surface area contributed by atoms with Gasteiger partial charge in [-0.3, -0.25) is 4.79 Å². The summed E-state index contributed by atoms with van der Waals surface area (Å²) in [5, 5.41) is 13.3. The van der Waals surface area contributed by atoms with Gasteiger partial charge in [-0.15, -0.1) is 0 Å². The first-order valence-corrected chi connectivity index (χ1v) is 9.23. The largest absolute Gasteiger partial charge is 0.494 e. The molecule has 27 heavy (non-hydrogen) atoms. The molecule has 0 saturated carbocycles. The first kappa shape index (κ1) is 18.7. The molecular weight excluding hydrogens is 365 g/mol. The zero-order valence-electron chi connectivity index (χ0n) is 14.5. The predicted octanol–water partition coefficient (Wildman–Crippen LogP) is 4.38. The zero-order chi connectivity index (χ0) is 19.2. The van der Waals surface area contributed by atoms with Gasteiger partial charge in [0.25, 0.3) is 0 Å². The van der Waals surface area contributed by atoms with Crippen LogP contribution >= 0.6 is 11.8 Å². The minimum atomic E-state index is -0.423. The molecule has 0 aliphatic heterocycles. The number of halogens is 1. The van der Waals surface area contributed by atoms with Gasteiger partial charge in [-0.1, -0.05) is 17.8 Å². The van der Waals surface area contributed by atoms with Gasteiger partial charge in [0.15, 0.2) is 0 Å². The van der Waals surface area contributed by atoms with E-state index in [2.05, 4.69) is 16.4 Å². The fourth-order valence-corrected chi connectivity index (χ4v) is 3.24. The van der Waals surface area contributed by atoms with Crippen LogP contribution in [0.2, 0.25) is 0 Å². The second-order valence-electron chi connectivity index (χ2n) is 5.59. The summed E-state index contributed by atoms with van der Waals surface area (Å²) in [6, 6.07) is 15.0. The van der Waals surface area contributed by atoms with Crippen molar-refractivity contribution in [2.75, 3.05) is 17.7 Å². The number of aromatic nitrogens is 1. The van der Waals surface area contributed by atoms with Crippen LogP contribution < -0.4 is 10.1 Å². The van der Waals surface area contributed by atoms with Crippen LogP contribution in [0.15, 0.2) is 53.6 Å². The number of hydrogen-bond acceptors (Lipinski definition) is 5. The maximum Gasteiger partial charge on any atom is 0.234 e. The van der Waals surface area contributed by atoms with E-state index in [4.69, 9.17) is 4.74 Å². The van der Waals surface area contributed by atoms with E-state index in [1.165, 1.54) is 18.2 Å². The lowest BCUT2D eigenvalue weighted by atomic mass is 10.1. The number of ether oxygens (including phenoxy) is 1. The lowest BCUT2D eigenvalue weighted by Gasteiger charge is -2.08. The molecule has 0 spiro atoms. The first-order valence-electron chi connectivity index (χ1n) is 8.25. The van der Waals surface area contributed by atoms with Crippen molar-refractivity contribution in [3.63, 3.8) is 0 Å². The summed E-state index contributed by atoms with van der Waals surface area (Å²) < 4.78 is 18.7. The number of carbonyl (C=O) groups excluding carboxylic acids is 1. The number of nitrogens with one attached hydrogen (secondary N) is 1. The second kappa shape index (κ2) is 8.52. The van der Waals surface area contributed by atoms with Gasteiger partial charge in [-0.25, -0.2) is 9.37 Å². The summed E-state index contributed by atoms with van der Waals surface area (Å²) in [7, 11) is 0. The molecule has 3 aromatic rings. The van der Waals surface area contributed by atoms with E-state index in [1.807, 2.05) is 19.1 Å². The van der Waals surface area contributed by atoms with Crippen LogP contribution in [0.1, 0.15) is 12.5 Å². The number of pyridine rings is 1. The summed E-state index contributed by atoms with van der Waals surface area (Å²) in [6.45, 7) is 2.44. The average molecular weight is 381 g/mol. The van der Waals surface area contributed by atoms with Gasteiger partial charge < -0.3 is 10.1 Å². The van der Waals surface area contributed by atoms with Crippen molar-refractivity contribution in [1.29, 1.82) is 5.26 Å². The van der Waals surface area contributed by atoms with Crippen molar-refractivity contribution in [2.24, 2.45) is 0 Å². The first-order chi connectivity index (χ1) is 13.1. The number of thioether (sulfide) groups is 1. The van der Waals surface area contributed by atoms with E-state index in [1.54, 1.807) is 18.2 Å². The van der Waals surface area contributed by atoms with E-state index in [0.29, 0.717) is 34.1 Å². The summed E-state index contributed by atoms with van der Waals surface area (Å²) in [5.41, 5.74) is 1.47. The number of anilines is 1. The van der Waals surface area contributed by atoms with Crippen LogP contribution in [-0.2, 0) is 4.79 Å². The Balaban J connectivity index is 1.76. The molecule has 1 amide bonds. The third-order valence-electron chi connectivity index (χ3n) is 3.63. The Kier molecular flexibility index (Phi) is 5.89. The fourth-order valence-electron chi connectivity index (χ4n) is 2.47. The summed E-state index contributed by atoms with van der Waals surface area (Å²) in [6.07, 6.45) is 0. The van der Waals surface area contributed by atoms with Crippen molar-refractivity contribution in [2.45, 2.75) is 11.9 Å². The van der Waals surface area contributed by atoms with Gasteiger partial charge >= 0.3 is 0 Å². The topological polar surface area (TPSA) is 75.0 Å². The molecule has 5 nitrogen and oxygen atoms in total. The number of fused-ring (bicyclic) bond motifs is 1. The van der Waals surface area contributed by atoms with Crippen molar-refractivity contribution < 1.29 is 13.9 Å². The maximum absolute atomic E-state index is 13.2. The number of nitrogens with zero attached hydrogens (tertiary/aromatic N) is 2. The molecule has 0 atom stereocenters. The summed E-state index contributed by atoms with van der Waals surface area (Å²) in [4.78, 5) is 16.6. The quantitative estimate of drug-likeness (QED) is 0.642. The highest BCUT2D eigenvalue weighted by Gasteiger charge is 2.11. The van der Waals surface area contributed by atoms with E-state index in [-0.39, 0.29) is 11.7 Å². The van der Waals surface area contributed by atoms with Crippen molar-refractivity contribution in [1.82, 2.24) is 4.98 Å². The molecule has 2 aromatic carbocycles. The molecule has 1 N–H and O–H groups in total. The Bertz CT molecular complexity index is 1030. The third-order valence-corrected chi connectivity index (χ3v) is 4.63. The normalized spacial score (nSPS) is 10.4. The molecule has 7 heteroatoms. The van der Waals surface area contributed by atoms with Crippen LogP contribution in [0.5, 0.6) is 5.75 Å². The van der Waals surface area contributed by atoms with Crippen LogP contribution in [0, 0.1) is 17.1 Å². The number of hydrogen-bond donors (Lipinski definition) is 1. The Morgan fingerprint density at radius 2 is 2.15 bits per heavy atom.